The van der Waals surface area contributed by atoms with Crippen LogP contribution in [0.1, 0.15) is 38.5 Å². The Kier molecular flexibility index (Phi) is 4.96. The molecule has 1 unspecified atom stereocenters. The molecule has 0 spiro atoms. The third kappa shape index (κ3) is 6.07. The van der Waals surface area contributed by atoms with E-state index in [1.807, 2.05) is 0 Å². The molecule has 15 heavy (non-hydrogen) atoms. The van der Waals surface area contributed by atoms with E-state index in [0.29, 0.717) is 19.3 Å². The summed E-state index contributed by atoms with van der Waals surface area (Å²) in [6, 6.07) is 0. The molecule has 0 amide bonds. The SMILES string of the molecule is O=C1CCCCC(CCSC(F)(F)F)C1. The molecule has 1 aliphatic carbocycles. The van der Waals surface area contributed by atoms with E-state index in [1.165, 1.54) is 0 Å². The van der Waals surface area contributed by atoms with Crippen molar-refractivity contribution >= 4 is 17.5 Å². The number of hydrogen-bond donors (Lipinski definition) is 0. The first kappa shape index (κ1) is 12.9. The number of alkyl halides is 3. The van der Waals surface area contributed by atoms with Crippen molar-refractivity contribution in [1.82, 2.24) is 0 Å². The molecule has 5 heteroatoms. The highest BCUT2D eigenvalue weighted by Gasteiger charge is 2.28. The molecule has 0 saturated heterocycles. The van der Waals surface area contributed by atoms with Gasteiger partial charge in [-0.15, -0.1) is 0 Å². The number of Topliss-reactive ketones (excluding diaryl/α,β-unsaturated/α-hetero) is 1. The second-order valence-electron chi connectivity index (χ2n) is 3.94. The van der Waals surface area contributed by atoms with Crippen LogP contribution in [0.3, 0.4) is 0 Å². The van der Waals surface area contributed by atoms with Crippen molar-refractivity contribution in [3.63, 3.8) is 0 Å². The highest BCUT2D eigenvalue weighted by atomic mass is 32.2. The predicted molar refractivity (Wildman–Crippen MR) is 54.7 cm³/mol. The molecular weight excluding hydrogens is 225 g/mol. The highest BCUT2D eigenvalue weighted by Crippen LogP contribution is 2.33. The number of carbonyl (C=O) groups is 1. The van der Waals surface area contributed by atoms with E-state index in [9.17, 15) is 18.0 Å². The average molecular weight is 240 g/mol. The topological polar surface area (TPSA) is 17.1 Å². The summed E-state index contributed by atoms with van der Waals surface area (Å²) in [6.45, 7) is 0. The average Bonchev–Trinajstić information content (AvgIpc) is 2.27. The molecule has 0 N–H and O–H groups in total. The fourth-order valence-electron chi connectivity index (χ4n) is 1.87. The number of thioether (sulfide) groups is 1. The summed E-state index contributed by atoms with van der Waals surface area (Å²) in [4.78, 5) is 11.2. The molecule has 1 nitrogen and oxygen atoms in total. The van der Waals surface area contributed by atoms with E-state index >= 15 is 0 Å². The third-order valence-electron chi connectivity index (χ3n) is 2.63. The van der Waals surface area contributed by atoms with Crippen LogP contribution in [-0.4, -0.2) is 17.0 Å². The molecule has 0 heterocycles. The zero-order chi connectivity index (χ0) is 11.3. The Bertz CT molecular complexity index is 215. The fraction of sp³-hybridized carbons (Fsp3) is 0.900. The van der Waals surface area contributed by atoms with Gasteiger partial charge in [-0.05, 0) is 25.2 Å². The van der Waals surface area contributed by atoms with Gasteiger partial charge in [0.05, 0.1) is 0 Å². The molecule has 0 aromatic rings. The molecular formula is C10H15F3OS. The summed E-state index contributed by atoms with van der Waals surface area (Å²) >= 11 is 0.0240. The summed E-state index contributed by atoms with van der Waals surface area (Å²) in [5.74, 6) is 0.478. The van der Waals surface area contributed by atoms with Crippen LogP contribution in [0.25, 0.3) is 0 Å². The van der Waals surface area contributed by atoms with Crippen molar-refractivity contribution in [2.75, 3.05) is 5.75 Å². The Morgan fingerprint density at radius 2 is 2.07 bits per heavy atom. The molecule has 1 fully saturated rings. The number of carbonyl (C=O) groups excluding carboxylic acids is 1. The Morgan fingerprint density at radius 1 is 1.33 bits per heavy atom. The van der Waals surface area contributed by atoms with Crippen molar-refractivity contribution < 1.29 is 18.0 Å². The molecule has 0 aliphatic heterocycles. The van der Waals surface area contributed by atoms with Gasteiger partial charge < -0.3 is 0 Å². The lowest BCUT2D eigenvalue weighted by Gasteiger charge is -2.13. The number of rotatable bonds is 3. The van der Waals surface area contributed by atoms with E-state index in [0.717, 1.165) is 19.3 Å². The van der Waals surface area contributed by atoms with Crippen molar-refractivity contribution in [1.29, 1.82) is 0 Å². The van der Waals surface area contributed by atoms with Crippen LogP contribution in [-0.2, 0) is 4.79 Å². The lowest BCUT2D eigenvalue weighted by atomic mass is 9.97. The smallest absolute Gasteiger partial charge is 0.300 e. The molecule has 0 radical (unpaired) electrons. The standard InChI is InChI=1S/C10H15F3OS/c11-10(12,13)15-6-5-8-3-1-2-4-9(14)7-8/h8H,1-7H2. The van der Waals surface area contributed by atoms with Crippen LogP contribution in [0.2, 0.25) is 0 Å². The molecule has 0 bridgehead atoms. The van der Waals surface area contributed by atoms with Gasteiger partial charge in [-0.3, -0.25) is 4.79 Å². The van der Waals surface area contributed by atoms with Crippen molar-refractivity contribution in [2.24, 2.45) is 5.92 Å². The van der Waals surface area contributed by atoms with E-state index in [-0.39, 0.29) is 29.2 Å². The summed E-state index contributed by atoms with van der Waals surface area (Å²) in [7, 11) is 0. The van der Waals surface area contributed by atoms with Gasteiger partial charge in [-0.1, -0.05) is 18.2 Å². The molecule has 88 valence electrons. The minimum absolute atomic E-state index is 0.0240. The monoisotopic (exact) mass is 240 g/mol. The summed E-state index contributed by atoms with van der Waals surface area (Å²) < 4.78 is 35.6. The first-order valence-corrected chi connectivity index (χ1v) is 6.18. The van der Waals surface area contributed by atoms with E-state index in [2.05, 4.69) is 0 Å². The van der Waals surface area contributed by atoms with Gasteiger partial charge in [0.25, 0.3) is 0 Å². The second-order valence-corrected chi connectivity index (χ2v) is 5.10. The molecule has 1 aliphatic rings. The second kappa shape index (κ2) is 5.77. The van der Waals surface area contributed by atoms with Crippen LogP contribution in [0.4, 0.5) is 13.2 Å². The Balaban J connectivity index is 2.22. The third-order valence-corrected chi connectivity index (χ3v) is 3.39. The van der Waals surface area contributed by atoms with Gasteiger partial charge in [0.1, 0.15) is 5.78 Å². The lowest BCUT2D eigenvalue weighted by molar-refractivity contribution is -0.119. The molecule has 1 saturated carbocycles. The molecule has 1 atom stereocenters. The van der Waals surface area contributed by atoms with Gasteiger partial charge >= 0.3 is 5.51 Å². The van der Waals surface area contributed by atoms with Crippen molar-refractivity contribution in [2.45, 2.75) is 44.0 Å². The molecule has 0 aromatic carbocycles. The van der Waals surface area contributed by atoms with Crippen LogP contribution in [0.15, 0.2) is 0 Å². The van der Waals surface area contributed by atoms with Gasteiger partial charge in [0.2, 0.25) is 0 Å². The lowest BCUT2D eigenvalue weighted by Crippen LogP contribution is -2.08. The maximum atomic E-state index is 11.9. The number of halogens is 3. The van der Waals surface area contributed by atoms with E-state index in [4.69, 9.17) is 0 Å². The maximum absolute atomic E-state index is 11.9. The van der Waals surface area contributed by atoms with E-state index in [1.54, 1.807) is 0 Å². The van der Waals surface area contributed by atoms with Crippen molar-refractivity contribution in [3.8, 4) is 0 Å². The predicted octanol–water partition coefficient (Wildman–Crippen LogP) is 3.78. The first-order chi connectivity index (χ1) is 6.97. The maximum Gasteiger partial charge on any atom is 0.441 e. The Labute approximate surface area is 91.8 Å². The largest absolute Gasteiger partial charge is 0.441 e. The van der Waals surface area contributed by atoms with Gasteiger partial charge in [0, 0.05) is 18.6 Å². The summed E-state index contributed by atoms with van der Waals surface area (Å²) in [5.41, 5.74) is -4.13. The van der Waals surface area contributed by atoms with Crippen LogP contribution < -0.4 is 0 Å². The van der Waals surface area contributed by atoms with E-state index < -0.39 is 5.51 Å². The Morgan fingerprint density at radius 3 is 2.73 bits per heavy atom. The van der Waals surface area contributed by atoms with Crippen LogP contribution >= 0.6 is 11.8 Å². The minimum atomic E-state index is -4.13. The van der Waals surface area contributed by atoms with Gasteiger partial charge in [0.15, 0.2) is 0 Å². The number of hydrogen-bond acceptors (Lipinski definition) is 2. The molecule has 0 aromatic heterocycles. The summed E-state index contributed by atoms with van der Waals surface area (Å²) in [6.07, 6.45) is 4.40. The zero-order valence-electron chi connectivity index (χ0n) is 8.48. The Hall–Kier alpha value is -0.190. The first-order valence-electron chi connectivity index (χ1n) is 5.20. The van der Waals surface area contributed by atoms with Crippen molar-refractivity contribution in [3.05, 3.63) is 0 Å². The zero-order valence-corrected chi connectivity index (χ0v) is 9.29. The minimum Gasteiger partial charge on any atom is -0.300 e. The quantitative estimate of drug-likeness (QED) is 0.698. The number of ketones is 1. The van der Waals surface area contributed by atoms with Crippen LogP contribution in [0, 0.1) is 5.92 Å². The molecule has 1 rings (SSSR count). The summed E-state index contributed by atoms with van der Waals surface area (Å²) in [5, 5.41) is 0. The normalized spacial score (nSPS) is 23.9. The van der Waals surface area contributed by atoms with Gasteiger partial charge in [-0.2, -0.15) is 13.2 Å². The van der Waals surface area contributed by atoms with Crippen LogP contribution in [0.5, 0.6) is 0 Å². The van der Waals surface area contributed by atoms with Gasteiger partial charge in [-0.25, -0.2) is 0 Å². The highest BCUT2D eigenvalue weighted by molar-refractivity contribution is 8.00. The fourth-order valence-corrected chi connectivity index (χ4v) is 2.55.